The molecule has 0 heterocycles. The van der Waals surface area contributed by atoms with Crippen molar-refractivity contribution in [3.63, 3.8) is 0 Å². The van der Waals surface area contributed by atoms with E-state index in [1.807, 2.05) is 0 Å². The molecule has 0 rings (SSSR count). The molecule has 0 aliphatic heterocycles. The maximum absolute atomic E-state index is 10.1. The van der Waals surface area contributed by atoms with Crippen molar-refractivity contribution in [3.05, 3.63) is 0 Å². The second-order valence-corrected chi connectivity index (χ2v) is 1.97. The Bertz CT molecular complexity index is 279. The van der Waals surface area contributed by atoms with Gasteiger partial charge < -0.3 is 39.4 Å². The van der Waals surface area contributed by atoms with E-state index < -0.39 is 30.8 Å². The van der Waals surface area contributed by atoms with Crippen LogP contribution < -0.4 is 0 Å². The smallest absolute Gasteiger partial charge is 0.449 e. The van der Waals surface area contributed by atoms with Crippen LogP contribution in [0.5, 0.6) is 0 Å². The van der Waals surface area contributed by atoms with Gasteiger partial charge in [0.1, 0.15) is 0 Å². The number of halogens is 1. The van der Waals surface area contributed by atoms with Crippen molar-refractivity contribution in [2.24, 2.45) is 0 Å². The lowest BCUT2D eigenvalue weighted by Crippen LogP contribution is -2.47. The van der Waals surface area contributed by atoms with Crippen molar-refractivity contribution in [2.75, 3.05) is 0 Å². The largest absolute Gasteiger partial charge is 0.629 e. The maximum atomic E-state index is 10.1. The molecule has 0 aliphatic rings. The van der Waals surface area contributed by atoms with Crippen LogP contribution in [-0.2, 0) is 18.9 Å². The van der Waals surface area contributed by atoms with E-state index in [0.717, 1.165) is 0 Å². The molecule has 0 spiro atoms. The Labute approximate surface area is 103 Å². The maximum Gasteiger partial charge on any atom is 0.629 e. The van der Waals surface area contributed by atoms with Crippen LogP contribution in [0.4, 0.5) is 19.2 Å². The minimum Gasteiger partial charge on any atom is -0.449 e. The molecular weight excluding hydrogens is 287 g/mol. The standard InChI is InChI=1S/C5H4O12.ClH/c6-1(7)14-5(15-2(8)9,16-3(10)11)17-4(12)13;/h(H,6,7)(H,8,9)(H,10,11)(H,12,13);1H. The van der Waals surface area contributed by atoms with Gasteiger partial charge in [0.05, 0.1) is 0 Å². The van der Waals surface area contributed by atoms with E-state index in [2.05, 4.69) is 18.9 Å². The van der Waals surface area contributed by atoms with Crippen LogP contribution in [0.25, 0.3) is 0 Å². The van der Waals surface area contributed by atoms with Gasteiger partial charge in [-0.05, 0) is 0 Å². The number of hydrogen-bond donors (Lipinski definition) is 4. The lowest BCUT2D eigenvalue weighted by Gasteiger charge is -2.23. The summed E-state index contributed by atoms with van der Waals surface area (Å²) >= 11 is 0. The third-order valence-electron chi connectivity index (χ3n) is 0.849. The molecule has 0 saturated heterocycles. The molecule has 0 saturated carbocycles. The van der Waals surface area contributed by atoms with Gasteiger partial charge in [0.2, 0.25) is 0 Å². The number of hydrogen-bond acceptors (Lipinski definition) is 8. The molecule has 0 aromatic carbocycles. The lowest BCUT2D eigenvalue weighted by atomic mass is 10.9. The molecule has 0 radical (unpaired) electrons. The van der Waals surface area contributed by atoms with Gasteiger partial charge >= 0.3 is 30.8 Å². The monoisotopic (exact) mass is 292 g/mol. The zero-order chi connectivity index (χ0) is 13.6. The third-order valence-corrected chi connectivity index (χ3v) is 0.849. The molecule has 0 atom stereocenters. The molecule has 4 N–H and O–H groups in total. The van der Waals surface area contributed by atoms with Crippen LogP contribution in [0, 0.1) is 0 Å². The molecule has 0 aromatic rings. The van der Waals surface area contributed by atoms with Gasteiger partial charge in [-0.1, -0.05) is 0 Å². The zero-order valence-electron chi connectivity index (χ0n) is 7.96. The minimum absolute atomic E-state index is 0. The van der Waals surface area contributed by atoms with Gasteiger partial charge in [0.15, 0.2) is 0 Å². The quantitative estimate of drug-likeness (QED) is 0.422. The molecule has 0 bridgehead atoms. The van der Waals surface area contributed by atoms with Crippen molar-refractivity contribution >= 4 is 37.0 Å². The van der Waals surface area contributed by atoms with Gasteiger partial charge in [-0.15, -0.1) is 12.4 Å². The summed E-state index contributed by atoms with van der Waals surface area (Å²) in [6.45, 7) is 0. The van der Waals surface area contributed by atoms with Crippen LogP contribution in [0.2, 0.25) is 0 Å². The van der Waals surface area contributed by atoms with Crippen LogP contribution >= 0.6 is 12.4 Å². The van der Waals surface area contributed by atoms with E-state index in [9.17, 15) is 19.2 Å². The predicted octanol–water partition coefficient (Wildman–Crippen LogP) is 0.798. The average Bonchev–Trinajstić information content (AvgIpc) is 1.95. The van der Waals surface area contributed by atoms with E-state index in [1.54, 1.807) is 0 Å². The molecule has 12 nitrogen and oxygen atoms in total. The fourth-order valence-corrected chi connectivity index (χ4v) is 0.553. The Balaban J connectivity index is 0. The SMILES string of the molecule is Cl.O=C(O)OC(OC(=O)O)(OC(=O)O)OC(=O)O. The van der Waals surface area contributed by atoms with Crippen molar-refractivity contribution in [3.8, 4) is 0 Å². The van der Waals surface area contributed by atoms with Gasteiger partial charge in [-0.2, -0.15) is 0 Å². The summed E-state index contributed by atoms with van der Waals surface area (Å²) in [6.07, 6.45) is -13.1. The topological polar surface area (TPSA) is 186 Å². The predicted molar refractivity (Wildman–Crippen MR) is 46.4 cm³/mol. The van der Waals surface area contributed by atoms with Crippen LogP contribution in [-0.4, -0.2) is 51.2 Å². The summed E-state index contributed by atoms with van der Waals surface area (Å²) in [6, 6.07) is 0. The number of carboxylic acid groups (broad SMARTS) is 4. The highest BCUT2D eigenvalue weighted by atomic mass is 35.5. The summed E-state index contributed by atoms with van der Waals surface area (Å²) in [5, 5.41) is 32.6. The van der Waals surface area contributed by atoms with E-state index in [1.165, 1.54) is 0 Å². The fourth-order valence-electron chi connectivity index (χ4n) is 0.553. The molecule has 0 aromatic heterocycles. The highest BCUT2D eigenvalue weighted by molar-refractivity contribution is 5.85. The summed E-state index contributed by atoms with van der Waals surface area (Å²) in [7, 11) is 0. The minimum atomic E-state index is -3.81. The number of ether oxygens (including phenoxy) is 4. The first kappa shape index (κ1) is 17.8. The molecule has 13 heteroatoms. The van der Waals surface area contributed by atoms with Crippen LogP contribution in [0.15, 0.2) is 0 Å². The summed E-state index contributed by atoms with van der Waals surface area (Å²) in [4.78, 5) is 40.5. The Morgan fingerprint density at radius 3 is 0.889 bits per heavy atom. The van der Waals surface area contributed by atoms with Gasteiger partial charge in [0, 0.05) is 0 Å². The number of rotatable bonds is 4. The van der Waals surface area contributed by atoms with Crippen molar-refractivity contribution in [1.29, 1.82) is 0 Å². The highest BCUT2D eigenvalue weighted by Crippen LogP contribution is 2.19. The Morgan fingerprint density at radius 1 is 0.611 bits per heavy atom. The van der Waals surface area contributed by atoms with E-state index in [0.29, 0.717) is 0 Å². The molecule has 0 aliphatic carbocycles. The van der Waals surface area contributed by atoms with Crippen molar-refractivity contribution in [1.82, 2.24) is 0 Å². The zero-order valence-corrected chi connectivity index (χ0v) is 8.78. The fraction of sp³-hybridized carbons (Fsp3) is 0.200. The Hall–Kier alpha value is -2.63. The van der Waals surface area contributed by atoms with E-state index in [4.69, 9.17) is 20.4 Å². The molecule has 0 unspecified atom stereocenters. The molecule has 0 amide bonds. The average molecular weight is 293 g/mol. The second-order valence-electron chi connectivity index (χ2n) is 1.97. The highest BCUT2D eigenvalue weighted by Gasteiger charge is 2.51. The number of carbonyl (C=O) groups is 4. The Kier molecular flexibility index (Phi) is 6.75. The molecule has 0 fully saturated rings. The lowest BCUT2D eigenvalue weighted by molar-refractivity contribution is -0.426. The van der Waals surface area contributed by atoms with E-state index >= 15 is 0 Å². The van der Waals surface area contributed by atoms with E-state index in [-0.39, 0.29) is 12.4 Å². The van der Waals surface area contributed by atoms with Gasteiger partial charge in [0.25, 0.3) is 0 Å². The van der Waals surface area contributed by atoms with Crippen molar-refractivity contribution < 1.29 is 58.6 Å². The molecule has 18 heavy (non-hydrogen) atoms. The van der Waals surface area contributed by atoms with Gasteiger partial charge in [-0.25, -0.2) is 19.2 Å². The molecule has 104 valence electrons. The molecular formula is C5H5ClO12. The normalized spacial score (nSPS) is 9.33. The second kappa shape index (κ2) is 6.85. The van der Waals surface area contributed by atoms with Crippen molar-refractivity contribution in [2.45, 2.75) is 6.16 Å². The Morgan fingerprint density at radius 2 is 0.778 bits per heavy atom. The first-order valence-electron chi connectivity index (χ1n) is 3.34. The first-order valence-corrected chi connectivity index (χ1v) is 3.34. The van der Waals surface area contributed by atoms with Gasteiger partial charge in [-0.3, -0.25) is 0 Å². The summed E-state index contributed by atoms with van der Waals surface area (Å²) in [5.74, 6) is 0. The summed E-state index contributed by atoms with van der Waals surface area (Å²) in [5.41, 5.74) is 0. The first-order chi connectivity index (χ1) is 7.67. The third kappa shape index (κ3) is 6.78. The summed E-state index contributed by atoms with van der Waals surface area (Å²) < 4.78 is 13.9. The van der Waals surface area contributed by atoms with Crippen LogP contribution in [0.3, 0.4) is 0 Å². The van der Waals surface area contributed by atoms with Crippen LogP contribution in [0.1, 0.15) is 0 Å².